The molecule has 1 heterocycles. The molecule has 1 aliphatic heterocycles. The molecule has 1 N–H and O–H groups in total. The lowest BCUT2D eigenvalue weighted by Gasteiger charge is -2.46. The van der Waals surface area contributed by atoms with Crippen LogP contribution < -0.4 is 5.32 Å². The summed E-state index contributed by atoms with van der Waals surface area (Å²) in [6.07, 6.45) is -1.31. The number of benzene rings is 2. The summed E-state index contributed by atoms with van der Waals surface area (Å²) in [5.74, 6) is -0.704. The summed E-state index contributed by atoms with van der Waals surface area (Å²) in [7, 11) is 1.55. The van der Waals surface area contributed by atoms with Crippen molar-refractivity contribution in [3.63, 3.8) is 0 Å². The van der Waals surface area contributed by atoms with Crippen LogP contribution in [0.25, 0.3) is 0 Å². The van der Waals surface area contributed by atoms with E-state index < -0.39 is 30.0 Å². The van der Waals surface area contributed by atoms with Gasteiger partial charge in [0.15, 0.2) is 12.4 Å². The van der Waals surface area contributed by atoms with Crippen molar-refractivity contribution in [3.8, 4) is 0 Å². The summed E-state index contributed by atoms with van der Waals surface area (Å²) >= 11 is 0. The molecule has 6 nitrogen and oxygen atoms in total. The Kier molecular flexibility index (Phi) is 6.11. The second-order valence-corrected chi connectivity index (χ2v) is 7.14. The number of carbonyl (C=O) groups excluding carboxylic acids is 2. The molecule has 1 saturated heterocycles. The molecule has 0 unspecified atom stereocenters. The Morgan fingerprint density at radius 1 is 1.04 bits per heavy atom. The van der Waals surface area contributed by atoms with Gasteiger partial charge in [-0.15, -0.1) is 0 Å². The highest BCUT2D eigenvalue weighted by Gasteiger charge is 2.49. The fourth-order valence-electron chi connectivity index (χ4n) is 3.50. The first-order chi connectivity index (χ1) is 13.4. The second kappa shape index (κ2) is 8.54. The van der Waals surface area contributed by atoms with Gasteiger partial charge in [-0.3, -0.25) is 4.79 Å². The molecule has 0 saturated carbocycles. The minimum absolute atomic E-state index is 0.243. The first-order valence-corrected chi connectivity index (χ1v) is 9.25. The third-order valence-electron chi connectivity index (χ3n) is 4.95. The average molecular weight is 383 g/mol. The van der Waals surface area contributed by atoms with E-state index in [1.54, 1.807) is 62.6 Å². The van der Waals surface area contributed by atoms with Crippen molar-refractivity contribution in [2.75, 3.05) is 7.11 Å². The molecule has 0 aliphatic carbocycles. The number of carbonyl (C=O) groups is 2. The molecule has 6 heteroatoms. The van der Waals surface area contributed by atoms with E-state index in [4.69, 9.17) is 14.2 Å². The summed E-state index contributed by atoms with van der Waals surface area (Å²) < 4.78 is 17.0. The summed E-state index contributed by atoms with van der Waals surface area (Å²) in [5, 5.41) is 3.04. The first-order valence-electron chi connectivity index (χ1n) is 9.25. The van der Waals surface area contributed by atoms with Crippen molar-refractivity contribution in [1.82, 2.24) is 5.32 Å². The van der Waals surface area contributed by atoms with Crippen LogP contribution in [0.2, 0.25) is 0 Å². The van der Waals surface area contributed by atoms with Crippen LogP contribution in [0.15, 0.2) is 60.7 Å². The minimum Gasteiger partial charge on any atom is -0.454 e. The SMILES string of the molecule is CO[C@H]1C[C@](C)(NC(=O)c2ccccc2)[C@H](OC(=O)c2ccccc2)[C@@H](C)O1. The lowest BCUT2D eigenvalue weighted by Crippen LogP contribution is -2.64. The standard InChI is InChI=1S/C22H25NO5/c1-15-19(28-21(25)17-12-8-5-9-13-17)22(2,14-18(26-3)27-15)23-20(24)16-10-6-4-7-11-16/h4-13,15,18-19H,14H2,1-3H3,(H,23,24)/t15-,18-,19-,22+/m1/s1. The Morgan fingerprint density at radius 3 is 2.18 bits per heavy atom. The Hall–Kier alpha value is -2.70. The van der Waals surface area contributed by atoms with Crippen LogP contribution in [-0.2, 0) is 14.2 Å². The highest BCUT2D eigenvalue weighted by molar-refractivity contribution is 5.94. The summed E-state index contributed by atoms with van der Waals surface area (Å²) in [4.78, 5) is 25.4. The van der Waals surface area contributed by atoms with Crippen molar-refractivity contribution >= 4 is 11.9 Å². The lowest BCUT2D eigenvalue weighted by atomic mass is 9.84. The van der Waals surface area contributed by atoms with Gasteiger partial charge in [-0.1, -0.05) is 36.4 Å². The Bertz CT molecular complexity index is 810. The van der Waals surface area contributed by atoms with E-state index in [9.17, 15) is 9.59 Å². The molecular formula is C22H25NO5. The topological polar surface area (TPSA) is 73.9 Å². The highest BCUT2D eigenvalue weighted by atomic mass is 16.7. The van der Waals surface area contributed by atoms with E-state index >= 15 is 0 Å². The van der Waals surface area contributed by atoms with Crippen LogP contribution in [-0.4, -0.2) is 43.0 Å². The number of rotatable bonds is 5. The number of hydrogen-bond donors (Lipinski definition) is 1. The van der Waals surface area contributed by atoms with Crippen molar-refractivity contribution in [3.05, 3.63) is 71.8 Å². The third kappa shape index (κ3) is 4.40. The second-order valence-electron chi connectivity index (χ2n) is 7.14. The zero-order valence-corrected chi connectivity index (χ0v) is 16.3. The van der Waals surface area contributed by atoms with Crippen LogP contribution in [0, 0.1) is 0 Å². The molecule has 1 aliphatic rings. The van der Waals surface area contributed by atoms with E-state index in [0.29, 0.717) is 17.5 Å². The van der Waals surface area contributed by atoms with Crippen LogP contribution in [0.3, 0.4) is 0 Å². The highest BCUT2D eigenvalue weighted by Crippen LogP contribution is 2.32. The maximum Gasteiger partial charge on any atom is 0.338 e. The van der Waals surface area contributed by atoms with Crippen molar-refractivity contribution < 1.29 is 23.8 Å². The molecule has 3 rings (SSSR count). The first kappa shape index (κ1) is 20.0. The molecule has 1 amide bonds. The maximum absolute atomic E-state index is 12.8. The fraction of sp³-hybridized carbons (Fsp3) is 0.364. The fourth-order valence-corrected chi connectivity index (χ4v) is 3.50. The molecule has 1 fully saturated rings. The van der Waals surface area contributed by atoms with E-state index in [-0.39, 0.29) is 5.91 Å². The maximum atomic E-state index is 12.8. The number of methoxy groups -OCH3 is 1. The Labute approximate surface area is 164 Å². The predicted octanol–water partition coefficient (Wildman–Crippen LogP) is 3.18. The van der Waals surface area contributed by atoms with E-state index in [1.165, 1.54) is 0 Å². The van der Waals surface area contributed by atoms with Gasteiger partial charge in [-0.25, -0.2) is 4.79 Å². The lowest BCUT2D eigenvalue weighted by molar-refractivity contribution is -0.230. The van der Waals surface area contributed by atoms with Gasteiger partial charge in [0.05, 0.1) is 17.2 Å². The van der Waals surface area contributed by atoms with E-state index in [2.05, 4.69) is 5.32 Å². The van der Waals surface area contributed by atoms with Crippen LogP contribution in [0.5, 0.6) is 0 Å². The van der Waals surface area contributed by atoms with Crippen molar-refractivity contribution in [2.45, 2.75) is 44.3 Å². The summed E-state index contributed by atoms with van der Waals surface area (Å²) in [6.45, 7) is 3.66. The molecule has 0 aromatic heterocycles. The third-order valence-corrected chi connectivity index (χ3v) is 4.95. The number of hydrogen-bond acceptors (Lipinski definition) is 5. The largest absolute Gasteiger partial charge is 0.454 e. The molecule has 0 bridgehead atoms. The molecular weight excluding hydrogens is 358 g/mol. The predicted molar refractivity (Wildman–Crippen MR) is 104 cm³/mol. The van der Waals surface area contributed by atoms with Gasteiger partial charge in [0, 0.05) is 19.1 Å². The number of amides is 1. The van der Waals surface area contributed by atoms with Gasteiger partial charge in [0.1, 0.15) is 0 Å². The minimum atomic E-state index is -0.865. The molecule has 0 radical (unpaired) electrons. The quantitative estimate of drug-likeness (QED) is 0.803. The van der Waals surface area contributed by atoms with Gasteiger partial charge < -0.3 is 19.5 Å². The summed E-state index contributed by atoms with van der Waals surface area (Å²) in [5.41, 5.74) is 0.112. The van der Waals surface area contributed by atoms with E-state index in [0.717, 1.165) is 0 Å². The monoisotopic (exact) mass is 383 g/mol. The molecule has 2 aromatic carbocycles. The zero-order chi connectivity index (χ0) is 20.1. The smallest absolute Gasteiger partial charge is 0.338 e. The van der Waals surface area contributed by atoms with Crippen LogP contribution in [0.4, 0.5) is 0 Å². The van der Waals surface area contributed by atoms with Gasteiger partial charge in [0.25, 0.3) is 5.91 Å². The molecule has 2 aromatic rings. The van der Waals surface area contributed by atoms with Gasteiger partial charge >= 0.3 is 5.97 Å². The molecule has 28 heavy (non-hydrogen) atoms. The number of ether oxygens (including phenoxy) is 3. The Morgan fingerprint density at radius 2 is 1.61 bits per heavy atom. The van der Waals surface area contributed by atoms with Crippen LogP contribution in [0.1, 0.15) is 41.0 Å². The Balaban J connectivity index is 1.84. The van der Waals surface area contributed by atoms with E-state index in [1.807, 2.05) is 19.1 Å². The molecule has 148 valence electrons. The van der Waals surface area contributed by atoms with Gasteiger partial charge in [-0.05, 0) is 38.1 Å². The summed E-state index contributed by atoms with van der Waals surface area (Å²) in [6, 6.07) is 17.7. The molecule has 0 spiro atoms. The number of nitrogens with one attached hydrogen (secondary N) is 1. The average Bonchev–Trinajstić information content (AvgIpc) is 2.71. The normalized spacial score (nSPS) is 27.0. The van der Waals surface area contributed by atoms with Crippen LogP contribution >= 0.6 is 0 Å². The van der Waals surface area contributed by atoms with Gasteiger partial charge in [-0.2, -0.15) is 0 Å². The van der Waals surface area contributed by atoms with Gasteiger partial charge in [0.2, 0.25) is 0 Å². The zero-order valence-electron chi connectivity index (χ0n) is 16.3. The van der Waals surface area contributed by atoms with Crippen molar-refractivity contribution in [1.29, 1.82) is 0 Å². The molecule has 4 atom stereocenters. The van der Waals surface area contributed by atoms with Crippen molar-refractivity contribution in [2.24, 2.45) is 0 Å². The number of esters is 1.